The number of nitrogens with zero attached hydrogens (tertiary/aromatic N) is 2. The third-order valence-electron chi connectivity index (χ3n) is 10.9. The van der Waals surface area contributed by atoms with E-state index in [2.05, 4.69) is 13.8 Å². The van der Waals surface area contributed by atoms with Gasteiger partial charge in [-0.15, -0.1) is 0 Å². The summed E-state index contributed by atoms with van der Waals surface area (Å²) in [6.45, 7) is 5.20. The Balaban J connectivity index is 1.13. The second kappa shape index (κ2) is 15.9. The van der Waals surface area contributed by atoms with Crippen molar-refractivity contribution in [1.82, 2.24) is 9.80 Å². The number of esters is 2. The van der Waals surface area contributed by atoms with E-state index in [1.807, 2.05) is 24.3 Å². The first kappa shape index (κ1) is 37.0. The molecule has 10 nitrogen and oxygen atoms in total. The van der Waals surface area contributed by atoms with Crippen molar-refractivity contribution in [2.75, 3.05) is 26.3 Å². The van der Waals surface area contributed by atoms with Gasteiger partial charge >= 0.3 is 11.9 Å². The number of ether oxygens (including phenoxy) is 2. The molecule has 0 saturated carbocycles. The summed E-state index contributed by atoms with van der Waals surface area (Å²) in [6.07, 6.45) is 8.91. The van der Waals surface area contributed by atoms with Gasteiger partial charge in [-0.1, -0.05) is 76.6 Å². The molecule has 0 spiro atoms. The molecule has 0 saturated heterocycles. The maximum Gasteiger partial charge on any atom is 0.305 e. The van der Waals surface area contributed by atoms with E-state index >= 15 is 0 Å². The lowest BCUT2D eigenvalue weighted by atomic mass is 9.82. The van der Waals surface area contributed by atoms with Crippen molar-refractivity contribution in [3.8, 4) is 0 Å². The molecule has 0 atom stereocenters. The molecule has 4 amide bonds. The van der Waals surface area contributed by atoms with E-state index in [0.29, 0.717) is 59.1 Å². The number of carbonyl (C=O) groups excluding carboxylic acids is 6. The molecule has 54 heavy (non-hydrogen) atoms. The predicted octanol–water partition coefficient (Wildman–Crippen LogP) is 8.74. The lowest BCUT2D eigenvalue weighted by molar-refractivity contribution is -0.144. The van der Waals surface area contributed by atoms with Crippen LogP contribution in [0.15, 0.2) is 48.5 Å². The summed E-state index contributed by atoms with van der Waals surface area (Å²) in [5.74, 6) is -2.29. The number of rotatable bonds is 18. The average Bonchev–Trinajstić information content (AvgIpc) is 3.17. The van der Waals surface area contributed by atoms with Gasteiger partial charge in [0, 0.05) is 59.0 Å². The fourth-order valence-corrected chi connectivity index (χ4v) is 8.11. The number of benzene rings is 5. The van der Waals surface area contributed by atoms with Crippen LogP contribution in [-0.2, 0) is 19.1 Å². The molecule has 2 aliphatic heterocycles. The topological polar surface area (TPSA) is 127 Å². The summed E-state index contributed by atoms with van der Waals surface area (Å²) in [6, 6.07) is 14.5. The largest absolute Gasteiger partial charge is 0.466 e. The van der Waals surface area contributed by atoms with Gasteiger partial charge < -0.3 is 9.47 Å². The van der Waals surface area contributed by atoms with Crippen LogP contribution in [0.25, 0.3) is 43.1 Å². The highest BCUT2D eigenvalue weighted by molar-refractivity contribution is 6.41. The number of amides is 4. The Labute approximate surface area is 314 Å². The number of carbonyl (C=O) groups is 6. The van der Waals surface area contributed by atoms with Crippen LogP contribution >= 0.6 is 0 Å². The van der Waals surface area contributed by atoms with Crippen molar-refractivity contribution in [2.24, 2.45) is 0 Å². The summed E-state index contributed by atoms with van der Waals surface area (Å²) in [5.41, 5.74) is 1.66. The number of imide groups is 2. The van der Waals surface area contributed by atoms with Gasteiger partial charge in [0.15, 0.2) is 0 Å². The number of unbranched alkanes of at least 4 members (excludes halogenated alkanes) is 6. The van der Waals surface area contributed by atoms with Crippen molar-refractivity contribution in [3.63, 3.8) is 0 Å². The van der Waals surface area contributed by atoms with E-state index in [1.54, 1.807) is 24.3 Å². The molecule has 0 aromatic heterocycles. The fraction of sp³-hybridized carbons (Fsp3) is 0.409. The molecule has 0 unspecified atom stereocenters. The third-order valence-corrected chi connectivity index (χ3v) is 10.9. The van der Waals surface area contributed by atoms with Gasteiger partial charge in [-0.3, -0.25) is 38.6 Å². The highest BCUT2D eigenvalue weighted by Gasteiger charge is 2.36. The standard InChI is InChI=1S/C44H46N2O8/c1-3-5-7-9-25-53-35(47)13-11-23-45-41(49)31-19-15-27-29-17-21-33-40-34(22-18-30(38(29)40)28-16-20-32(42(45)50)39(31)37(27)28)44(52)46(43(33)51)24-12-14-36(48)54-26-10-8-6-4-2/h15-22H,3-14,23-26H2,1-2H3. The molecule has 280 valence electrons. The van der Waals surface area contributed by atoms with Crippen LogP contribution in [-0.4, -0.2) is 71.7 Å². The minimum absolute atomic E-state index is 0.100. The summed E-state index contributed by atoms with van der Waals surface area (Å²) in [7, 11) is 0. The summed E-state index contributed by atoms with van der Waals surface area (Å²) in [4.78, 5) is 82.4. The quantitative estimate of drug-likeness (QED) is 0.0288. The van der Waals surface area contributed by atoms with Gasteiger partial charge in [0.25, 0.3) is 23.6 Å². The van der Waals surface area contributed by atoms with Crippen LogP contribution in [0, 0.1) is 0 Å². The van der Waals surface area contributed by atoms with Crippen LogP contribution in [0.4, 0.5) is 0 Å². The molecule has 5 aromatic carbocycles. The Morgan fingerprint density at radius 2 is 0.778 bits per heavy atom. The Hall–Kier alpha value is -5.38. The molecule has 0 N–H and O–H groups in total. The van der Waals surface area contributed by atoms with Crippen LogP contribution < -0.4 is 0 Å². The maximum absolute atomic E-state index is 13.8. The second-order valence-corrected chi connectivity index (χ2v) is 14.4. The lowest BCUT2D eigenvalue weighted by Crippen LogP contribution is -2.41. The molecule has 10 heteroatoms. The van der Waals surface area contributed by atoms with Gasteiger partial charge in [0.1, 0.15) is 0 Å². The summed E-state index contributed by atoms with van der Waals surface area (Å²) in [5, 5.41) is 5.98. The van der Waals surface area contributed by atoms with Crippen molar-refractivity contribution in [2.45, 2.75) is 90.9 Å². The summed E-state index contributed by atoms with van der Waals surface area (Å²) < 4.78 is 10.7. The van der Waals surface area contributed by atoms with Gasteiger partial charge in [-0.2, -0.15) is 0 Å². The zero-order valence-electron chi connectivity index (χ0n) is 31.1. The molecule has 0 radical (unpaired) electrons. The third kappa shape index (κ3) is 6.67. The molecular formula is C44H46N2O8. The lowest BCUT2D eigenvalue weighted by Gasteiger charge is -2.30. The van der Waals surface area contributed by atoms with Crippen LogP contribution in [0.3, 0.4) is 0 Å². The first-order chi connectivity index (χ1) is 26.3. The molecule has 7 rings (SSSR count). The molecule has 0 fully saturated rings. The average molecular weight is 731 g/mol. The normalized spacial score (nSPS) is 14.0. The minimum Gasteiger partial charge on any atom is -0.466 e. The molecule has 2 heterocycles. The smallest absolute Gasteiger partial charge is 0.305 e. The van der Waals surface area contributed by atoms with Gasteiger partial charge in [0.2, 0.25) is 0 Å². The van der Waals surface area contributed by atoms with Crippen LogP contribution in [0.1, 0.15) is 132 Å². The highest BCUT2D eigenvalue weighted by Crippen LogP contribution is 2.46. The first-order valence-corrected chi connectivity index (χ1v) is 19.5. The number of hydrogen-bond donors (Lipinski definition) is 0. The number of fused-ring (bicyclic) bond motifs is 2. The Morgan fingerprint density at radius 1 is 0.444 bits per heavy atom. The molecule has 5 aromatic rings. The van der Waals surface area contributed by atoms with Gasteiger partial charge in [-0.25, -0.2) is 0 Å². The predicted molar refractivity (Wildman–Crippen MR) is 207 cm³/mol. The highest BCUT2D eigenvalue weighted by atomic mass is 16.5. The van der Waals surface area contributed by atoms with E-state index in [4.69, 9.17) is 9.47 Å². The van der Waals surface area contributed by atoms with Crippen molar-refractivity contribution >= 4 is 78.7 Å². The van der Waals surface area contributed by atoms with E-state index in [9.17, 15) is 28.8 Å². The first-order valence-electron chi connectivity index (χ1n) is 19.5. The second-order valence-electron chi connectivity index (χ2n) is 14.4. The minimum atomic E-state index is -0.406. The molecule has 0 bridgehead atoms. The van der Waals surface area contributed by atoms with E-state index in [1.165, 1.54) is 9.80 Å². The van der Waals surface area contributed by atoms with E-state index in [-0.39, 0.29) is 37.9 Å². The van der Waals surface area contributed by atoms with Crippen molar-refractivity contribution in [3.05, 3.63) is 70.8 Å². The summed E-state index contributed by atoms with van der Waals surface area (Å²) >= 11 is 0. The fourth-order valence-electron chi connectivity index (χ4n) is 8.11. The monoisotopic (exact) mass is 730 g/mol. The molecule has 2 aliphatic rings. The Bertz CT molecular complexity index is 2030. The number of hydrogen-bond acceptors (Lipinski definition) is 8. The zero-order chi connectivity index (χ0) is 37.9. The Morgan fingerprint density at radius 3 is 1.09 bits per heavy atom. The van der Waals surface area contributed by atoms with Crippen LogP contribution in [0.2, 0.25) is 0 Å². The molecular weight excluding hydrogens is 684 g/mol. The van der Waals surface area contributed by atoms with Gasteiger partial charge in [-0.05, 0) is 82.3 Å². The van der Waals surface area contributed by atoms with Gasteiger partial charge in [0.05, 0.1) is 13.2 Å². The zero-order valence-corrected chi connectivity index (χ0v) is 31.1. The van der Waals surface area contributed by atoms with E-state index in [0.717, 1.165) is 83.7 Å². The Kier molecular flexibility index (Phi) is 10.9. The molecule has 0 aliphatic carbocycles. The SMILES string of the molecule is CCCCCCOC(=O)CCCN1C(=O)c2ccc3c4ccc5c6c(ccc(c7ccc(c2c37)C1=O)c64)C(=O)N(CCCC(=O)OCCCCCC)C5=O. The van der Waals surface area contributed by atoms with Crippen molar-refractivity contribution < 1.29 is 38.2 Å². The maximum atomic E-state index is 13.8. The van der Waals surface area contributed by atoms with Crippen LogP contribution in [0.5, 0.6) is 0 Å². The van der Waals surface area contributed by atoms with E-state index < -0.39 is 23.6 Å². The van der Waals surface area contributed by atoms with Crippen molar-refractivity contribution in [1.29, 1.82) is 0 Å².